The zero-order valence-corrected chi connectivity index (χ0v) is 7.57. The zero-order valence-electron chi connectivity index (χ0n) is 7.57. The number of pyridine rings is 1. The van der Waals surface area contributed by atoms with Crippen molar-refractivity contribution < 1.29 is 4.40 Å². The van der Waals surface area contributed by atoms with Crippen LogP contribution >= 0.6 is 0 Å². The van der Waals surface area contributed by atoms with Crippen LogP contribution in [-0.2, 0) is 7.05 Å². The third-order valence-electron chi connectivity index (χ3n) is 2.12. The second-order valence-corrected chi connectivity index (χ2v) is 3.19. The van der Waals surface area contributed by atoms with E-state index in [1.165, 1.54) is 11.1 Å². The summed E-state index contributed by atoms with van der Waals surface area (Å²) < 4.78 is 3.84. The lowest BCUT2D eigenvalue weighted by molar-refractivity contribution is -0.513. The van der Waals surface area contributed by atoms with Crippen molar-refractivity contribution >= 4 is 5.65 Å². The van der Waals surface area contributed by atoms with E-state index in [2.05, 4.69) is 31.2 Å². The molecule has 0 N–H and O–H groups in total. The smallest absolute Gasteiger partial charge is 0.204 e. The van der Waals surface area contributed by atoms with Gasteiger partial charge in [-0.15, -0.1) is 4.68 Å². The minimum atomic E-state index is 1.00. The largest absolute Gasteiger partial charge is 0.306 e. The molecule has 0 spiro atoms. The number of hydrogen-bond acceptors (Lipinski definition) is 1. The molecule has 0 atom stereocenters. The Kier molecular flexibility index (Phi) is 1.40. The molecule has 0 saturated heterocycles. The van der Waals surface area contributed by atoms with E-state index < -0.39 is 0 Å². The highest BCUT2D eigenvalue weighted by Gasteiger charge is 2.07. The van der Waals surface area contributed by atoms with Gasteiger partial charge in [0.1, 0.15) is 0 Å². The van der Waals surface area contributed by atoms with Gasteiger partial charge in [0.25, 0.3) is 0 Å². The van der Waals surface area contributed by atoms with Crippen molar-refractivity contribution in [1.29, 1.82) is 0 Å². The standard InChI is InChI=1S/C9H12N3/c1-7-4-9-10-11(3)6-12(9)5-8(7)2/h4-6H,1-3H3/q+1. The molecule has 0 saturated carbocycles. The van der Waals surface area contributed by atoms with Gasteiger partial charge >= 0.3 is 5.65 Å². The lowest BCUT2D eigenvalue weighted by Gasteiger charge is -1.94. The molecule has 0 bridgehead atoms. The zero-order chi connectivity index (χ0) is 8.72. The number of hydrogen-bond donors (Lipinski definition) is 0. The third-order valence-corrected chi connectivity index (χ3v) is 2.12. The average Bonchev–Trinajstić information content (AvgIpc) is 2.30. The van der Waals surface area contributed by atoms with Crippen molar-refractivity contribution in [1.82, 2.24) is 9.78 Å². The van der Waals surface area contributed by atoms with Gasteiger partial charge in [0, 0.05) is 11.2 Å². The summed E-state index contributed by atoms with van der Waals surface area (Å²) in [4.78, 5) is 0. The van der Waals surface area contributed by atoms with Crippen LogP contribution in [0.4, 0.5) is 0 Å². The van der Waals surface area contributed by atoms with Crippen molar-refractivity contribution in [2.75, 3.05) is 0 Å². The Morgan fingerprint density at radius 2 is 2.08 bits per heavy atom. The monoisotopic (exact) mass is 162 g/mol. The van der Waals surface area contributed by atoms with Gasteiger partial charge in [-0.3, -0.25) is 0 Å². The van der Waals surface area contributed by atoms with Gasteiger partial charge < -0.3 is 0 Å². The molecule has 0 fully saturated rings. The van der Waals surface area contributed by atoms with Crippen molar-refractivity contribution in [3.8, 4) is 0 Å². The van der Waals surface area contributed by atoms with Crippen LogP contribution in [0, 0.1) is 13.8 Å². The van der Waals surface area contributed by atoms with E-state index >= 15 is 0 Å². The molecule has 2 heterocycles. The third kappa shape index (κ3) is 0.978. The summed E-state index contributed by atoms with van der Waals surface area (Å²) in [6.45, 7) is 4.21. The van der Waals surface area contributed by atoms with Gasteiger partial charge in [-0.2, -0.15) is 0 Å². The quantitative estimate of drug-likeness (QED) is 0.524. The predicted octanol–water partition coefficient (Wildman–Crippen LogP) is 0.776. The van der Waals surface area contributed by atoms with E-state index in [9.17, 15) is 0 Å². The Balaban J connectivity index is 2.83. The van der Waals surface area contributed by atoms with Crippen molar-refractivity contribution in [2.45, 2.75) is 13.8 Å². The maximum atomic E-state index is 4.29. The lowest BCUT2D eigenvalue weighted by Crippen LogP contribution is -2.18. The van der Waals surface area contributed by atoms with Crippen LogP contribution in [0.3, 0.4) is 0 Å². The van der Waals surface area contributed by atoms with Gasteiger partial charge in [0.2, 0.25) is 6.33 Å². The van der Waals surface area contributed by atoms with Gasteiger partial charge in [-0.25, -0.2) is 4.40 Å². The van der Waals surface area contributed by atoms with Crippen molar-refractivity contribution in [3.05, 3.63) is 29.7 Å². The Bertz CT molecular complexity index is 390. The molecule has 0 aromatic carbocycles. The van der Waals surface area contributed by atoms with E-state index in [4.69, 9.17) is 0 Å². The Morgan fingerprint density at radius 3 is 2.83 bits per heavy atom. The van der Waals surface area contributed by atoms with E-state index in [0.29, 0.717) is 0 Å². The van der Waals surface area contributed by atoms with E-state index in [-0.39, 0.29) is 0 Å². The van der Waals surface area contributed by atoms with Crippen LogP contribution in [0.1, 0.15) is 11.1 Å². The normalized spacial score (nSPS) is 10.9. The molecule has 62 valence electrons. The van der Waals surface area contributed by atoms with Crippen LogP contribution in [0.2, 0.25) is 0 Å². The number of aromatic nitrogens is 3. The Labute approximate surface area is 71.3 Å². The first kappa shape index (κ1) is 7.28. The number of rotatable bonds is 0. The first-order chi connectivity index (χ1) is 5.66. The molecule has 2 rings (SSSR count). The molecule has 0 aliphatic carbocycles. The fraction of sp³-hybridized carbons (Fsp3) is 0.333. The van der Waals surface area contributed by atoms with Gasteiger partial charge in [0.15, 0.2) is 0 Å². The van der Waals surface area contributed by atoms with Crippen molar-refractivity contribution in [3.63, 3.8) is 0 Å². The first-order valence-electron chi connectivity index (χ1n) is 3.99. The molecule has 0 unspecified atom stereocenters. The van der Waals surface area contributed by atoms with Gasteiger partial charge in [-0.1, -0.05) is 0 Å². The summed E-state index contributed by atoms with van der Waals surface area (Å²) in [5, 5.41) is 4.29. The molecule has 3 nitrogen and oxygen atoms in total. The van der Waals surface area contributed by atoms with Crippen LogP contribution in [-0.4, -0.2) is 9.78 Å². The van der Waals surface area contributed by atoms with E-state index in [1.54, 1.807) is 0 Å². The van der Waals surface area contributed by atoms with E-state index in [0.717, 1.165) is 5.65 Å². The fourth-order valence-electron chi connectivity index (χ4n) is 1.30. The van der Waals surface area contributed by atoms with Crippen LogP contribution in [0.15, 0.2) is 18.6 Å². The summed E-state index contributed by atoms with van der Waals surface area (Å²) in [5.41, 5.74) is 3.58. The lowest BCUT2D eigenvalue weighted by atomic mass is 10.2. The van der Waals surface area contributed by atoms with Crippen LogP contribution in [0.5, 0.6) is 0 Å². The van der Waals surface area contributed by atoms with Gasteiger partial charge in [-0.05, 0) is 25.0 Å². The summed E-state index contributed by atoms with van der Waals surface area (Å²) in [5.74, 6) is 0. The highest BCUT2D eigenvalue weighted by molar-refractivity contribution is 5.34. The summed E-state index contributed by atoms with van der Waals surface area (Å²) in [7, 11) is 1.93. The van der Waals surface area contributed by atoms with Crippen LogP contribution in [0.25, 0.3) is 5.65 Å². The topological polar surface area (TPSA) is 21.9 Å². The molecule has 3 heteroatoms. The molecule has 12 heavy (non-hydrogen) atoms. The first-order valence-corrected chi connectivity index (χ1v) is 3.99. The maximum Gasteiger partial charge on any atom is 0.306 e. The SMILES string of the molecule is Cc1cc2nn(C)c[n+]2cc1C. The number of aryl methyl sites for hydroxylation is 3. The van der Waals surface area contributed by atoms with Gasteiger partial charge in [0.05, 0.1) is 13.2 Å². The summed E-state index contributed by atoms with van der Waals surface area (Å²) in [6, 6.07) is 2.09. The molecule has 2 aromatic rings. The maximum absolute atomic E-state index is 4.29. The molecular formula is C9H12N3+. The highest BCUT2D eigenvalue weighted by atomic mass is 15.3. The Hall–Kier alpha value is -1.38. The second kappa shape index (κ2) is 2.30. The van der Waals surface area contributed by atoms with E-state index in [1.807, 2.05) is 22.5 Å². The minimum Gasteiger partial charge on any atom is -0.204 e. The highest BCUT2D eigenvalue weighted by Crippen LogP contribution is 2.04. The van der Waals surface area contributed by atoms with Crippen LogP contribution < -0.4 is 4.40 Å². The Morgan fingerprint density at radius 1 is 1.33 bits per heavy atom. The average molecular weight is 162 g/mol. The number of fused-ring (bicyclic) bond motifs is 1. The molecule has 0 aliphatic heterocycles. The van der Waals surface area contributed by atoms with Crippen molar-refractivity contribution in [2.24, 2.45) is 7.05 Å². The molecule has 0 aliphatic rings. The second-order valence-electron chi connectivity index (χ2n) is 3.19. The summed E-state index contributed by atoms with van der Waals surface area (Å²) >= 11 is 0. The molecule has 2 aromatic heterocycles. The molecule has 0 radical (unpaired) electrons. The summed E-state index contributed by atoms with van der Waals surface area (Å²) in [6.07, 6.45) is 4.06. The molecule has 0 amide bonds. The predicted molar refractivity (Wildman–Crippen MR) is 45.8 cm³/mol. The minimum absolute atomic E-state index is 1.00. The molecular weight excluding hydrogens is 150 g/mol. The fourth-order valence-corrected chi connectivity index (χ4v) is 1.30. The number of nitrogens with zero attached hydrogens (tertiary/aromatic N) is 3.